The first-order valence-corrected chi connectivity index (χ1v) is 18.1. The molecule has 5 aliphatic carbocycles. The quantitative estimate of drug-likeness (QED) is 0.262. The van der Waals surface area contributed by atoms with Gasteiger partial charge in [-0.1, -0.05) is 74.0 Å². The average Bonchev–Trinajstić information content (AvgIpc) is 3.55. The molecule has 3 fully saturated rings. The lowest BCUT2D eigenvalue weighted by Gasteiger charge is -2.62. The monoisotopic (exact) mass is 729 g/mol. The van der Waals surface area contributed by atoms with Crippen molar-refractivity contribution in [3.63, 3.8) is 0 Å². The van der Waals surface area contributed by atoms with Crippen molar-refractivity contribution in [2.24, 2.45) is 28.6 Å². The number of carbonyl (C=O) groups excluding carboxylic acids is 4. The van der Waals surface area contributed by atoms with Crippen molar-refractivity contribution in [1.29, 1.82) is 0 Å². The van der Waals surface area contributed by atoms with Gasteiger partial charge in [-0.05, 0) is 78.8 Å². The largest absolute Gasteiger partial charge is 0.480 e. The van der Waals surface area contributed by atoms with E-state index < -0.39 is 88.8 Å². The summed E-state index contributed by atoms with van der Waals surface area (Å²) >= 11 is 0. The second-order valence-corrected chi connectivity index (χ2v) is 15.8. The van der Waals surface area contributed by atoms with Gasteiger partial charge < -0.3 is 30.1 Å². The molecule has 53 heavy (non-hydrogen) atoms. The van der Waals surface area contributed by atoms with E-state index in [1.807, 2.05) is 48.5 Å². The van der Waals surface area contributed by atoms with Crippen molar-refractivity contribution < 1.29 is 53.2 Å². The van der Waals surface area contributed by atoms with Crippen LogP contribution in [0.25, 0.3) is 11.1 Å². The van der Waals surface area contributed by atoms with E-state index in [4.69, 9.17) is 9.47 Å². The number of esters is 1. The number of aliphatic hydroxyl groups excluding tert-OH is 1. The maximum Gasteiger partial charge on any atom is 0.407 e. The van der Waals surface area contributed by atoms with Crippen LogP contribution in [0.4, 0.5) is 9.18 Å². The molecule has 280 valence electrons. The standard InChI is InChI=1S/C41H44FNO10/c1-22-16-31-30-13-12-23-17-24(44)14-15-38(23,2)40(30,42)33(45)19-39(31,3)41(22,51)34(46)21-52-35(47)18-32(36(48)49)43-37(50)53-20-29-27-10-6-4-8-25(27)26-9-5-7-11-28(26)29/h4-11,14-15,17,22,29-33,45,51H,12-13,16,18-21H2,1-3H3,(H,43,50)(H,48,49)/t22-,30+,31+,32+,33+,38+,39+,40+,41+/m1/s1. The van der Waals surface area contributed by atoms with E-state index in [-0.39, 0.29) is 31.1 Å². The predicted octanol–water partition coefficient (Wildman–Crippen LogP) is 4.83. The highest BCUT2D eigenvalue weighted by Crippen LogP contribution is 2.70. The molecule has 0 unspecified atom stereocenters. The Morgan fingerprint density at radius 3 is 2.28 bits per heavy atom. The van der Waals surface area contributed by atoms with Crippen LogP contribution in [-0.4, -0.2) is 81.5 Å². The number of ketones is 2. The van der Waals surface area contributed by atoms with Gasteiger partial charge in [-0.15, -0.1) is 0 Å². The number of Topliss-reactive ketones (excluding diaryl/α,β-unsaturated/α-hetero) is 1. The van der Waals surface area contributed by atoms with Gasteiger partial charge in [0, 0.05) is 22.7 Å². The van der Waals surface area contributed by atoms with Crippen LogP contribution in [0.1, 0.15) is 69.9 Å². The Kier molecular flexibility index (Phi) is 9.01. The second-order valence-electron chi connectivity index (χ2n) is 15.8. The molecule has 0 heterocycles. The fraction of sp³-hybridized carbons (Fsp3) is 0.488. The van der Waals surface area contributed by atoms with Crippen LogP contribution in [0, 0.1) is 28.6 Å². The van der Waals surface area contributed by atoms with E-state index in [0.717, 1.165) is 22.3 Å². The summed E-state index contributed by atoms with van der Waals surface area (Å²) in [6.07, 6.45) is 1.61. The maximum atomic E-state index is 17.4. The Hall–Kier alpha value is -4.68. The number of aliphatic carboxylic acids is 1. The summed E-state index contributed by atoms with van der Waals surface area (Å²) in [6, 6.07) is 13.7. The minimum absolute atomic E-state index is 0.0752. The van der Waals surface area contributed by atoms with Crippen molar-refractivity contribution in [3.8, 4) is 11.1 Å². The molecule has 0 saturated heterocycles. The summed E-state index contributed by atoms with van der Waals surface area (Å²) in [4.78, 5) is 63.6. The van der Waals surface area contributed by atoms with E-state index in [1.54, 1.807) is 20.8 Å². The molecule has 4 N–H and O–H groups in total. The summed E-state index contributed by atoms with van der Waals surface area (Å²) in [5, 5.41) is 35.7. The van der Waals surface area contributed by atoms with Crippen LogP contribution in [0.2, 0.25) is 0 Å². The minimum Gasteiger partial charge on any atom is -0.480 e. The van der Waals surface area contributed by atoms with Gasteiger partial charge in [-0.3, -0.25) is 14.4 Å². The zero-order chi connectivity index (χ0) is 38.1. The minimum atomic E-state index is -2.15. The molecule has 0 radical (unpaired) electrons. The molecule has 7 rings (SSSR count). The molecule has 2 aromatic carbocycles. The first-order chi connectivity index (χ1) is 25.1. The van der Waals surface area contributed by atoms with Crippen molar-refractivity contribution in [3.05, 3.63) is 83.5 Å². The summed E-state index contributed by atoms with van der Waals surface area (Å²) in [5.41, 5.74) is -2.18. The second kappa shape index (κ2) is 13.0. The number of carbonyl (C=O) groups is 5. The maximum absolute atomic E-state index is 17.4. The summed E-state index contributed by atoms with van der Waals surface area (Å²) in [5.74, 6) is -5.91. The van der Waals surface area contributed by atoms with E-state index in [9.17, 15) is 39.3 Å². The van der Waals surface area contributed by atoms with Crippen LogP contribution < -0.4 is 5.32 Å². The lowest BCUT2D eigenvalue weighted by atomic mass is 9.44. The Morgan fingerprint density at radius 2 is 1.64 bits per heavy atom. The van der Waals surface area contributed by atoms with Crippen LogP contribution >= 0.6 is 0 Å². The molecule has 12 heteroatoms. The molecule has 9 atom stereocenters. The third kappa shape index (κ3) is 5.47. The molecule has 0 spiro atoms. The number of carboxylic acids is 1. The van der Waals surface area contributed by atoms with Crippen molar-refractivity contribution in [2.75, 3.05) is 13.2 Å². The fourth-order valence-corrected chi connectivity index (χ4v) is 10.6. The number of rotatable bonds is 9. The summed E-state index contributed by atoms with van der Waals surface area (Å²) in [7, 11) is 0. The van der Waals surface area contributed by atoms with E-state index in [0.29, 0.717) is 18.4 Å². The summed E-state index contributed by atoms with van der Waals surface area (Å²) in [6.45, 7) is 4.05. The first kappa shape index (κ1) is 36.7. The number of halogens is 1. The number of nitrogens with one attached hydrogen (secondary N) is 1. The molecular weight excluding hydrogens is 685 g/mol. The molecule has 11 nitrogen and oxygen atoms in total. The third-order valence-electron chi connectivity index (χ3n) is 13.3. The van der Waals surface area contributed by atoms with Gasteiger partial charge in [-0.25, -0.2) is 14.0 Å². The highest BCUT2D eigenvalue weighted by Gasteiger charge is 2.75. The van der Waals surface area contributed by atoms with Gasteiger partial charge in [0.15, 0.2) is 18.1 Å². The van der Waals surface area contributed by atoms with Gasteiger partial charge in [-0.2, -0.15) is 0 Å². The number of benzene rings is 2. The topological polar surface area (TPSA) is 177 Å². The van der Waals surface area contributed by atoms with Gasteiger partial charge in [0.1, 0.15) is 18.2 Å². The zero-order valence-electron chi connectivity index (χ0n) is 29.8. The number of amides is 1. The Bertz CT molecular complexity index is 1910. The van der Waals surface area contributed by atoms with Crippen LogP contribution in [0.5, 0.6) is 0 Å². The number of allylic oxidation sites excluding steroid dienone is 4. The molecule has 0 bridgehead atoms. The van der Waals surface area contributed by atoms with Crippen molar-refractivity contribution in [1.82, 2.24) is 5.32 Å². The Labute approximate surface area is 306 Å². The lowest BCUT2D eigenvalue weighted by molar-refractivity contribution is -0.220. The molecule has 2 aromatic rings. The van der Waals surface area contributed by atoms with E-state index in [2.05, 4.69) is 5.32 Å². The molecular formula is C41H44FNO10. The third-order valence-corrected chi connectivity index (χ3v) is 13.3. The van der Waals surface area contributed by atoms with Crippen LogP contribution in [-0.2, 0) is 28.7 Å². The van der Waals surface area contributed by atoms with Gasteiger partial charge in [0.25, 0.3) is 0 Å². The van der Waals surface area contributed by atoms with Crippen molar-refractivity contribution >= 4 is 29.6 Å². The predicted molar refractivity (Wildman–Crippen MR) is 188 cm³/mol. The SMILES string of the molecule is C[C@@H]1C[C@H]2[C@@H]3CCC4=CC(=O)C=C[C@]4(C)[C@@]3(F)[C@@H](O)C[C@]2(C)[C@@]1(O)C(=O)COC(=O)C[C@H](NC(=O)OCC1c2ccccc2-c2ccccc21)C(=O)O. The molecule has 0 aromatic heterocycles. The van der Waals surface area contributed by atoms with Crippen LogP contribution in [0.15, 0.2) is 72.3 Å². The Morgan fingerprint density at radius 1 is 1.00 bits per heavy atom. The van der Waals surface area contributed by atoms with E-state index in [1.165, 1.54) is 18.2 Å². The van der Waals surface area contributed by atoms with E-state index >= 15 is 4.39 Å². The number of ether oxygens (including phenoxy) is 2. The zero-order valence-corrected chi connectivity index (χ0v) is 29.8. The number of alkyl carbamates (subject to hydrolysis) is 1. The molecule has 1 amide bonds. The van der Waals surface area contributed by atoms with Crippen molar-refractivity contribution in [2.45, 2.75) is 82.2 Å². The molecule has 3 saturated carbocycles. The van der Waals surface area contributed by atoms with Gasteiger partial charge in [0.2, 0.25) is 5.78 Å². The van der Waals surface area contributed by atoms with Crippen LogP contribution in [0.3, 0.4) is 0 Å². The first-order valence-electron chi connectivity index (χ1n) is 18.1. The number of hydrogen-bond donors (Lipinski definition) is 4. The number of fused-ring (bicyclic) bond motifs is 8. The fourth-order valence-electron chi connectivity index (χ4n) is 10.6. The average molecular weight is 730 g/mol. The normalized spacial score (nSPS) is 34.4. The number of aliphatic hydroxyl groups is 2. The van der Waals surface area contributed by atoms with Gasteiger partial charge in [0.05, 0.1) is 12.5 Å². The molecule has 0 aliphatic heterocycles. The highest BCUT2D eigenvalue weighted by molar-refractivity contribution is 6.01. The number of carboxylic acid groups (broad SMARTS) is 1. The molecule has 5 aliphatic rings. The summed E-state index contributed by atoms with van der Waals surface area (Å²) < 4.78 is 28.1. The van der Waals surface area contributed by atoms with Gasteiger partial charge >= 0.3 is 18.0 Å². The Balaban J connectivity index is 0.984. The lowest BCUT2D eigenvalue weighted by Crippen LogP contribution is -2.69. The number of hydrogen-bond acceptors (Lipinski definition) is 9. The smallest absolute Gasteiger partial charge is 0.407 e. The number of alkyl halides is 1. The highest BCUT2D eigenvalue weighted by atomic mass is 19.1.